The first-order chi connectivity index (χ1) is 10.0. The van der Waals surface area contributed by atoms with Crippen molar-refractivity contribution >= 4 is 17.5 Å². The molecule has 1 fully saturated rings. The van der Waals surface area contributed by atoms with E-state index < -0.39 is 6.10 Å². The van der Waals surface area contributed by atoms with Gasteiger partial charge in [0.2, 0.25) is 0 Å². The highest BCUT2D eigenvalue weighted by atomic mass is 35.5. The van der Waals surface area contributed by atoms with E-state index in [4.69, 9.17) is 22.1 Å². The Bertz CT molecular complexity index is 547. The summed E-state index contributed by atoms with van der Waals surface area (Å²) in [5.41, 5.74) is 7.00. The number of carbonyl (C=O) groups is 1. The van der Waals surface area contributed by atoms with E-state index >= 15 is 0 Å². The van der Waals surface area contributed by atoms with Gasteiger partial charge >= 0.3 is 0 Å². The standard InChI is InChI=1S/C16H21ClN2O2/c1-10(18)11-3-2-6-19(9-11)16(20)15-8-12-7-13(17)4-5-14(12)21-15/h4-5,7,10-11,15H,2-3,6,8-9,18H2,1H3. The third-order valence-corrected chi connectivity index (χ3v) is 4.72. The molecule has 1 aromatic rings. The fourth-order valence-corrected chi connectivity index (χ4v) is 3.39. The number of hydrogen-bond acceptors (Lipinski definition) is 3. The van der Waals surface area contributed by atoms with Gasteiger partial charge in [0.25, 0.3) is 5.91 Å². The molecule has 0 radical (unpaired) electrons. The molecule has 4 nitrogen and oxygen atoms in total. The number of likely N-dealkylation sites (tertiary alicyclic amines) is 1. The Morgan fingerprint density at radius 2 is 2.33 bits per heavy atom. The quantitative estimate of drug-likeness (QED) is 0.911. The summed E-state index contributed by atoms with van der Waals surface area (Å²) in [6.45, 7) is 3.56. The number of nitrogens with zero attached hydrogens (tertiary/aromatic N) is 1. The van der Waals surface area contributed by atoms with Gasteiger partial charge in [-0.2, -0.15) is 0 Å². The number of hydrogen-bond donors (Lipinski definition) is 1. The molecule has 1 amide bonds. The van der Waals surface area contributed by atoms with Gasteiger partial charge in [-0.05, 0) is 49.4 Å². The first-order valence-electron chi connectivity index (χ1n) is 7.54. The van der Waals surface area contributed by atoms with E-state index in [1.165, 1.54) is 0 Å². The van der Waals surface area contributed by atoms with Crippen LogP contribution in [-0.2, 0) is 11.2 Å². The zero-order valence-corrected chi connectivity index (χ0v) is 13.0. The predicted molar refractivity (Wildman–Crippen MR) is 82.5 cm³/mol. The van der Waals surface area contributed by atoms with E-state index in [1.54, 1.807) is 6.07 Å². The van der Waals surface area contributed by atoms with Gasteiger partial charge in [0.15, 0.2) is 6.10 Å². The molecule has 2 heterocycles. The van der Waals surface area contributed by atoms with Crippen LogP contribution in [-0.4, -0.2) is 36.0 Å². The smallest absolute Gasteiger partial charge is 0.264 e. The first kappa shape index (κ1) is 14.7. The molecular weight excluding hydrogens is 288 g/mol. The van der Waals surface area contributed by atoms with Crippen molar-refractivity contribution in [3.8, 4) is 5.75 Å². The van der Waals surface area contributed by atoms with Crippen LogP contribution in [0.4, 0.5) is 0 Å². The van der Waals surface area contributed by atoms with Gasteiger partial charge in [0.05, 0.1) is 0 Å². The largest absolute Gasteiger partial charge is 0.480 e. The molecule has 1 saturated heterocycles. The Labute approximate surface area is 130 Å². The van der Waals surface area contributed by atoms with Crippen molar-refractivity contribution in [3.05, 3.63) is 28.8 Å². The summed E-state index contributed by atoms with van der Waals surface area (Å²) < 4.78 is 5.79. The molecule has 0 aromatic heterocycles. The van der Waals surface area contributed by atoms with Crippen LogP contribution in [0.15, 0.2) is 18.2 Å². The van der Waals surface area contributed by atoms with Crippen LogP contribution < -0.4 is 10.5 Å². The molecule has 1 aromatic carbocycles. The number of halogens is 1. The Balaban J connectivity index is 1.67. The Morgan fingerprint density at radius 3 is 3.10 bits per heavy atom. The highest BCUT2D eigenvalue weighted by Gasteiger charge is 2.35. The molecule has 2 aliphatic rings. The van der Waals surface area contributed by atoms with Crippen LogP contribution in [0.1, 0.15) is 25.3 Å². The normalized spacial score (nSPS) is 26.1. The zero-order chi connectivity index (χ0) is 15.0. The Kier molecular flexibility index (Phi) is 4.09. The average Bonchev–Trinajstić information content (AvgIpc) is 2.89. The highest BCUT2D eigenvalue weighted by molar-refractivity contribution is 6.30. The van der Waals surface area contributed by atoms with E-state index in [0.29, 0.717) is 17.4 Å². The maximum Gasteiger partial charge on any atom is 0.264 e. The predicted octanol–water partition coefficient (Wildman–Crippen LogP) is 2.23. The lowest BCUT2D eigenvalue weighted by Crippen LogP contribution is -2.49. The van der Waals surface area contributed by atoms with Gasteiger partial charge in [-0.15, -0.1) is 0 Å². The van der Waals surface area contributed by atoms with Crippen LogP contribution in [0.3, 0.4) is 0 Å². The third kappa shape index (κ3) is 3.01. The zero-order valence-electron chi connectivity index (χ0n) is 12.2. The van der Waals surface area contributed by atoms with E-state index in [1.807, 2.05) is 24.0 Å². The second-order valence-electron chi connectivity index (χ2n) is 6.11. The molecule has 0 bridgehead atoms. The molecule has 3 atom stereocenters. The minimum atomic E-state index is -0.412. The van der Waals surface area contributed by atoms with E-state index in [9.17, 15) is 4.79 Å². The molecular formula is C16H21ClN2O2. The minimum absolute atomic E-state index is 0.0765. The summed E-state index contributed by atoms with van der Waals surface area (Å²) >= 11 is 5.99. The fourth-order valence-electron chi connectivity index (χ4n) is 3.20. The number of ether oxygens (including phenoxy) is 1. The molecule has 114 valence electrons. The van der Waals surface area contributed by atoms with Gasteiger partial charge in [-0.25, -0.2) is 0 Å². The van der Waals surface area contributed by atoms with Crippen LogP contribution >= 0.6 is 11.6 Å². The van der Waals surface area contributed by atoms with Gasteiger partial charge in [0, 0.05) is 30.6 Å². The summed E-state index contributed by atoms with van der Waals surface area (Å²) in [5.74, 6) is 1.24. The number of rotatable bonds is 2. The van der Waals surface area contributed by atoms with Crippen LogP contribution in [0, 0.1) is 5.92 Å². The SMILES string of the molecule is CC(N)C1CCCN(C(=O)C2Cc3cc(Cl)ccc3O2)C1. The highest BCUT2D eigenvalue weighted by Crippen LogP contribution is 2.32. The monoisotopic (exact) mass is 308 g/mol. The van der Waals surface area contributed by atoms with E-state index in [0.717, 1.165) is 37.2 Å². The number of piperidine rings is 1. The maximum atomic E-state index is 12.6. The third-order valence-electron chi connectivity index (χ3n) is 4.49. The van der Waals surface area contributed by atoms with Gasteiger partial charge in [-0.1, -0.05) is 11.6 Å². The molecule has 0 aliphatic carbocycles. The van der Waals surface area contributed by atoms with Crippen molar-refractivity contribution in [1.29, 1.82) is 0 Å². The molecule has 0 saturated carbocycles. The van der Waals surface area contributed by atoms with Crippen molar-refractivity contribution in [1.82, 2.24) is 4.90 Å². The maximum absolute atomic E-state index is 12.6. The van der Waals surface area contributed by atoms with Crippen molar-refractivity contribution in [2.24, 2.45) is 11.7 Å². The van der Waals surface area contributed by atoms with Crippen LogP contribution in [0.2, 0.25) is 5.02 Å². The second kappa shape index (κ2) is 5.85. The van der Waals surface area contributed by atoms with Gasteiger partial charge in [0.1, 0.15) is 5.75 Å². The van der Waals surface area contributed by atoms with Gasteiger partial charge < -0.3 is 15.4 Å². The lowest BCUT2D eigenvalue weighted by atomic mass is 9.92. The van der Waals surface area contributed by atoms with Crippen molar-refractivity contribution < 1.29 is 9.53 Å². The van der Waals surface area contributed by atoms with Crippen LogP contribution in [0.5, 0.6) is 5.75 Å². The van der Waals surface area contributed by atoms with Crippen molar-refractivity contribution in [2.45, 2.75) is 38.3 Å². The molecule has 3 rings (SSSR count). The van der Waals surface area contributed by atoms with Crippen molar-refractivity contribution in [2.75, 3.05) is 13.1 Å². The molecule has 0 spiro atoms. The average molecular weight is 309 g/mol. The lowest BCUT2D eigenvalue weighted by Gasteiger charge is -2.35. The number of benzene rings is 1. The molecule has 3 unspecified atom stereocenters. The summed E-state index contributed by atoms with van der Waals surface area (Å²) in [6, 6.07) is 5.64. The van der Waals surface area contributed by atoms with E-state index in [2.05, 4.69) is 0 Å². The summed E-state index contributed by atoms with van der Waals surface area (Å²) in [7, 11) is 0. The topological polar surface area (TPSA) is 55.6 Å². The first-order valence-corrected chi connectivity index (χ1v) is 7.92. The summed E-state index contributed by atoms with van der Waals surface area (Å²) in [6.07, 6.45) is 2.31. The molecule has 21 heavy (non-hydrogen) atoms. The van der Waals surface area contributed by atoms with Crippen molar-refractivity contribution in [3.63, 3.8) is 0 Å². The minimum Gasteiger partial charge on any atom is -0.480 e. The number of nitrogens with two attached hydrogens (primary N) is 1. The molecule has 5 heteroatoms. The van der Waals surface area contributed by atoms with Gasteiger partial charge in [-0.3, -0.25) is 4.79 Å². The summed E-state index contributed by atoms with van der Waals surface area (Å²) in [5, 5.41) is 0.681. The Hall–Kier alpha value is -1.26. The second-order valence-corrected chi connectivity index (χ2v) is 6.54. The summed E-state index contributed by atoms with van der Waals surface area (Å²) in [4.78, 5) is 14.6. The van der Waals surface area contributed by atoms with Crippen LogP contribution in [0.25, 0.3) is 0 Å². The molecule has 2 N–H and O–H groups in total. The lowest BCUT2D eigenvalue weighted by molar-refractivity contribution is -0.139. The number of carbonyl (C=O) groups excluding carboxylic acids is 1. The Morgan fingerprint density at radius 1 is 1.52 bits per heavy atom. The van der Waals surface area contributed by atoms with E-state index in [-0.39, 0.29) is 11.9 Å². The number of fused-ring (bicyclic) bond motifs is 1. The fraction of sp³-hybridized carbons (Fsp3) is 0.562. The molecule has 2 aliphatic heterocycles. The number of amides is 1.